The van der Waals surface area contributed by atoms with Gasteiger partial charge in [0.15, 0.2) is 0 Å². The molecule has 0 aliphatic heterocycles. The van der Waals surface area contributed by atoms with Crippen LogP contribution >= 0.6 is 0 Å². The Hall–Kier alpha value is -3.02. The summed E-state index contributed by atoms with van der Waals surface area (Å²) in [7, 11) is 3.08. The molecule has 1 N–H and O–H groups in total. The third kappa shape index (κ3) is 5.00. The fraction of sp³-hybridized carbons (Fsp3) is 0.333. The number of anilines is 2. The zero-order valence-corrected chi connectivity index (χ0v) is 16.4. The van der Waals surface area contributed by atoms with Crippen LogP contribution < -0.4 is 19.7 Å². The zero-order valence-electron chi connectivity index (χ0n) is 16.4. The molecule has 27 heavy (non-hydrogen) atoms. The number of rotatable bonds is 7. The normalized spacial score (nSPS) is 10.4. The van der Waals surface area contributed by atoms with Gasteiger partial charge in [0.25, 0.3) is 0 Å². The molecule has 0 aliphatic rings. The van der Waals surface area contributed by atoms with Gasteiger partial charge in [0, 0.05) is 18.7 Å². The number of methoxy groups -OCH3 is 2. The molecule has 0 atom stereocenters. The molecule has 0 aliphatic carbocycles. The van der Waals surface area contributed by atoms with E-state index < -0.39 is 0 Å². The second-order valence-corrected chi connectivity index (χ2v) is 6.43. The minimum Gasteiger partial charge on any atom is -0.497 e. The Morgan fingerprint density at radius 1 is 1.07 bits per heavy atom. The lowest BCUT2D eigenvalue weighted by atomic mass is 10.0. The van der Waals surface area contributed by atoms with Crippen molar-refractivity contribution < 1.29 is 19.1 Å². The van der Waals surface area contributed by atoms with Crippen molar-refractivity contribution in [1.82, 2.24) is 0 Å². The number of nitrogens with zero attached hydrogens (tertiary/aromatic N) is 1. The Kier molecular flexibility index (Phi) is 6.82. The topological polar surface area (TPSA) is 67.9 Å². The lowest BCUT2D eigenvalue weighted by molar-refractivity contribution is -0.120. The molecular formula is C21H26N2O4. The van der Waals surface area contributed by atoms with Crippen LogP contribution in [0.15, 0.2) is 42.5 Å². The monoisotopic (exact) mass is 370 g/mol. The number of para-hydroxylation sites is 1. The number of nitrogens with one attached hydrogen (secondary N) is 1. The maximum Gasteiger partial charge on any atom is 0.244 e. The molecule has 2 amide bonds. The van der Waals surface area contributed by atoms with E-state index in [0.717, 1.165) is 11.3 Å². The summed E-state index contributed by atoms with van der Waals surface area (Å²) in [6.07, 6.45) is 0. The highest BCUT2D eigenvalue weighted by atomic mass is 16.5. The number of carbonyl (C=O) groups excluding carboxylic acids is 2. The summed E-state index contributed by atoms with van der Waals surface area (Å²) in [6.45, 7) is 5.46. The van der Waals surface area contributed by atoms with Crippen molar-refractivity contribution >= 4 is 23.2 Å². The molecule has 0 fully saturated rings. The summed E-state index contributed by atoms with van der Waals surface area (Å²) < 4.78 is 10.5. The largest absolute Gasteiger partial charge is 0.497 e. The van der Waals surface area contributed by atoms with Gasteiger partial charge in [-0.1, -0.05) is 32.0 Å². The molecule has 0 radical (unpaired) electrons. The van der Waals surface area contributed by atoms with Crippen molar-refractivity contribution in [3.05, 3.63) is 48.0 Å². The molecule has 2 rings (SSSR count). The Morgan fingerprint density at radius 2 is 1.78 bits per heavy atom. The SMILES string of the molecule is COc1ccc(OC)c(NC(=O)CN(C(C)=O)c2ccccc2C(C)C)c1. The van der Waals surface area contributed by atoms with E-state index in [4.69, 9.17) is 9.47 Å². The third-order valence-corrected chi connectivity index (χ3v) is 4.21. The molecule has 144 valence electrons. The first-order valence-electron chi connectivity index (χ1n) is 8.76. The fourth-order valence-electron chi connectivity index (χ4n) is 2.83. The third-order valence-electron chi connectivity index (χ3n) is 4.21. The Morgan fingerprint density at radius 3 is 2.37 bits per heavy atom. The molecule has 0 aromatic heterocycles. The first-order chi connectivity index (χ1) is 12.9. The minimum atomic E-state index is -0.324. The van der Waals surface area contributed by atoms with E-state index >= 15 is 0 Å². The van der Waals surface area contributed by atoms with Crippen LogP contribution in [0.1, 0.15) is 32.3 Å². The van der Waals surface area contributed by atoms with Gasteiger partial charge in [0.1, 0.15) is 18.0 Å². The van der Waals surface area contributed by atoms with Crippen LogP contribution in [0.5, 0.6) is 11.5 Å². The number of benzene rings is 2. The molecule has 0 heterocycles. The van der Waals surface area contributed by atoms with Gasteiger partial charge in [0.2, 0.25) is 11.8 Å². The van der Waals surface area contributed by atoms with Crippen molar-refractivity contribution in [2.75, 3.05) is 31.0 Å². The van der Waals surface area contributed by atoms with Crippen LogP contribution in [-0.2, 0) is 9.59 Å². The quantitative estimate of drug-likeness (QED) is 0.804. The van der Waals surface area contributed by atoms with Crippen molar-refractivity contribution in [3.8, 4) is 11.5 Å². The van der Waals surface area contributed by atoms with E-state index in [1.54, 1.807) is 25.3 Å². The van der Waals surface area contributed by atoms with Gasteiger partial charge in [0.05, 0.1) is 19.9 Å². The zero-order chi connectivity index (χ0) is 20.0. The summed E-state index contributed by atoms with van der Waals surface area (Å²) >= 11 is 0. The van der Waals surface area contributed by atoms with Crippen LogP contribution in [0.3, 0.4) is 0 Å². The van der Waals surface area contributed by atoms with E-state index in [1.165, 1.54) is 18.9 Å². The van der Waals surface area contributed by atoms with Gasteiger partial charge < -0.3 is 19.7 Å². The molecule has 2 aromatic carbocycles. The average Bonchev–Trinajstić information content (AvgIpc) is 2.65. The van der Waals surface area contributed by atoms with Gasteiger partial charge in [-0.3, -0.25) is 9.59 Å². The van der Waals surface area contributed by atoms with Crippen LogP contribution in [0, 0.1) is 0 Å². The van der Waals surface area contributed by atoms with Gasteiger partial charge in [-0.15, -0.1) is 0 Å². The Labute approximate surface area is 160 Å². The smallest absolute Gasteiger partial charge is 0.244 e. The predicted molar refractivity (Wildman–Crippen MR) is 107 cm³/mol. The van der Waals surface area contributed by atoms with Gasteiger partial charge >= 0.3 is 0 Å². The average molecular weight is 370 g/mol. The Bertz CT molecular complexity index is 818. The van der Waals surface area contributed by atoms with Gasteiger partial charge in [-0.25, -0.2) is 0 Å². The molecule has 2 aromatic rings. The maximum absolute atomic E-state index is 12.6. The molecular weight excluding hydrogens is 344 g/mol. The molecule has 0 spiro atoms. The molecule has 6 heteroatoms. The van der Waals surface area contributed by atoms with Crippen molar-refractivity contribution in [2.24, 2.45) is 0 Å². The number of carbonyl (C=O) groups is 2. The lowest BCUT2D eigenvalue weighted by Crippen LogP contribution is -2.37. The number of hydrogen-bond donors (Lipinski definition) is 1. The highest BCUT2D eigenvalue weighted by Gasteiger charge is 2.20. The van der Waals surface area contributed by atoms with Crippen LogP contribution in [0.4, 0.5) is 11.4 Å². The van der Waals surface area contributed by atoms with Crippen LogP contribution in [0.25, 0.3) is 0 Å². The summed E-state index contributed by atoms with van der Waals surface area (Å²) in [5.41, 5.74) is 2.25. The van der Waals surface area contributed by atoms with Crippen LogP contribution in [-0.4, -0.2) is 32.6 Å². The Balaban J connectivity index is 2.26. The lowest BCUT2D eigenvalue weighted by Gasteiger charge is -2.25. The summed E-state index contributed by atoms with van der Waals surface area (Å²) in [5, 5.41) is 2.80. The molecule has 0 saturated carbocycles. The minimum absolute atomic E-state index is 0.0978. The molecule has 0 saturated heterocycles. The molecule has 6 nitrogen and oxygen atoms in total. The molecule has 0 bridgehead atoms. The first kappa shape index (κ1) is 20.3. The number of ether oxygens (including phenoxy) is 2. The van der Waals surface area contributed by atoms with E-state index in [2.05, 4.69) is 19.2 Å². The second kappa shape index (κ2) is 9.07. The standard InChI is InChI=1S/C21H26N2O4/c1-14(2)17-8-6-7-9-19(17)23(15(3)24)13-21(25)22-18-12-16(26-4)10-11-20(18)27-5/h6-12,14H,13H2,1-5H3,(H,22,25). The van der Waals surface area contributed by atoms with E-state index in [1.807, 2.05) is 24.3 Å². The van der Waals surface area contributed by atoms with E-state index in [0.29, 0.717) is 17.2 Å². The number of hydrogen-bond acceptors (Lipinski definition) is 4. The summed E-state index contributed by atoms with van der Waals surface area (Å²) in [6, 6.07) is 12.8. The fourth-order valence-corrected chi connectivity index (χ4v) is 2.83. The number of amides is 2. The highest BCUT2D eigenvalue weighted by Crippen LogP contribution is 2.30. The maximum atomic E-state index is 12.6. The van der Waals surface area contributed by atoms with Crippen molar-refractivity contribution in [2.45, 2.75) is 26.7 Å². The van der Waals surface area contributed by atoms with E-state index in [-0.39, 0.29) is 24.3 Å². The van der Waals surface area contributed by atoms with Crippen molar-refractivity contribution in [1.29, 1.82) is 0 Å². The summed E-state index contributed by atoms with van der Waals surface area (Å²) in [4.78, 5) is 26.4. The van der Waals surface area contributed by atoms with Gasteiger partial charge in [-0.05, 0) is 29.7 Å². The predicted octanol–water partition coefficient (Wildman–Crippen LogP) is 3.82. The molecule has 0 unspecified atom stereocenters. The van der Waals surface area contributed by atoms with Crippen LogP contribution in [0.2, 0.25) is 0 Å². The van der Waals surface area contributed by atoms with E-state index in [9.17, 15) is 9.59 Å². The first-order valence-corrected chi connectivity index (χ1v) is 8.76. The van der Waals surface area contributed by atoms with Gasteiger partial charge in [-0.2, -0.15) is 0 Å². The highest BCUT2D eigenvalue weighted by molar-refractivity contribution is 6.02. The van der Waals surface area contributed by atoms with Crippen molar-refractivity contribution in [3.63, 3.8) is 0 Å². The summed E-state index contributed by atoms with van der Waals surface area (Å²) in [5.74, 6) is 0.816. The second-order valence-electron chi connectivity index (χ2n) is 6.43.